The third kappa shape index (κ3) is 10.2. The molecule has 0 saturated carbocycles. The Bertz CT molecular complexity index is 2340. The predicted octanol–water partition coefficient (Wildman–Crippen LogP) is 12.6. The van der Waals surface area contributed by atoms with Gasteiger partial charge in [0, 0.05) is 12.7 Å². The highest BCUT2D eigenvalue weighted by molar-refractivity contribution is 6.20. The molecule has 0 bridgehead atoms. The van der Waals surface area contributed by atoms with E-state index >= 15 is 0 Å². The Morgan fingerprint density at radius 3 is 1.25 bits per heavy atom. The number of hydrogen-bond acceptors (Lipinski definition) is 6. The zero-order valence-electron chi connectivity index (χ0n) is 35.1. The third-order valence-corrected chi connectivity index (χ3v) is 9.39. The van der Waals surface area contributed by atoms with Crippen LogP contribution < -0.4 is 10.6 Å². The fourth-order valence-electron chi connectivity index (χ4n) is 5.29. The van der Waals surface area contributed by atoms with Crippen LogP contribution in [-0.2, 0) is 20.8 Å². The summed E-state index contributed by atoms with van der Waals surface area (Å²) in [4.78, 5) is 39.0. The Kier molecular flexibility index (Phi) is 16.2. The van der Waals surface area contributed by atoms with E-state index in [-0.39, 0.29) is 4.57 Å². The smallest absolute Gasteiger partial charge is 0.444 e. The Hall–Kier alpha value is -5.22. The average Bonchev–Trinajstić information content (AvgIpc) is 3.59. The van der Waals surface area contributed by atoms with E-state index in [1.54, 1.807) is 0 Å². The number of rotatable bonds is 19. The maximum absolute atomic E-state index is 14.7. The van der Waals surface area contributed by atoms with E-state index in [9.17, 15) is 164 Å². The molecule has 1 aliphatic heterocycles. The van der Waals surface area contributed by atoms with Gasteiger partial charge in [-0.1, -0.05) is 0 Å². The van der Waals surface area contributed by atoms with Crippen LogP contribution in [0.3, 0.4) is 0 Å². The van der Waals surface area contributed by atoms with Crippen LogP contribution in [0.5, 0.6) is 0 Å². The topological polar surface area (TPSA) is 111 Å². The highest BCUT2D eigenvalue weighted by Crippen LogP contribution is 2.66. The van der Waals surface area contributed by atoms with E-state index in [0.29, 0.717) is 12.3 Å². The number of halogens is 34. The number of amides is 1. The molecule has 0 radical (unpaired) electrons. The summed E-state index contributed by atoms with van der Waals surface area (Å²) in [6.45, 7) is 1.09. The summed E-state index contributed by atoms with van der Waals surface area (Å²) in [5.74, 6) is -116. The highest BCUT2D eigenvalue weighted by Gasteiger charge is 2.97. The van der Waals surface area contributed by atoms with Crippen molar-refractivity contribution in [3.05, 3.63) is 17.8 Å². The van der Waals surface area contributed by atoms with E-state index in [1.807, 2.05) is 0 Å². The molecule has 1 aromatic rings. The first-order valence-electron chi connectivity index (χ1n) is 18.2. The Morgan fingerprint density at radius 2 is 0.893 bits per heavy atom. The van der Waals surface area contributed by atoms with Crippen LogP contribution in [0.15, 0.2) is 17.3 Å². The highest BCUT2D eigenvalue weighted by atomic mass is 19.4. The second-order valence-electron chi connectivity index (χ2n) is 15.9. The molecule has 0 saturated heterocycles. The van der Waals surface area contributed by atoms with Gasteiger partial charge in [-0.2, -0.15) is 154 Å². The number of hydrogen-bond donors (Lipinski definition) is 2. The molecule has 0 spiro atoms. The summed E-state index contributed by atoms with van der Waals surface area (Å²) in [5, 5.41) is 2.33. The number of alkyl halides is 34. The molecular weight excluding hydrogens is 1170 g/mol. The molecule has 2 rings (SSSR count). The molecule has 1 aromatic heterocycles. The first-order chi connectivity index (χ1) is 32.4. The summed E-state index contributed by atoms with van der Waals surface area (Å²) >= 11 is 0. The summed E-state index contributed by atoms with van der Waals surface area (Å²) in [5.41, 5.74) is -2.91. The number of aromatic nitrogens is 1. The lowest BCUT2D eigenvalue weighted by Gasteiger charge is -2.42. The molecule has 2 heterocycles. The quantitative estimate of drug-likeness (QED) is 0.0811. The van der Waals surface area contributed by atoms with E-state index in [4.69, 9.17) is 0 Å². The summed E-state index contributed by atoms with van der Waals surface area (Å²) in [6, 6.07) is -10.6. The molecule has 1 amide bonds. The molecule has 9 nitrogen and oxygen atoms in total. The van der Waals surface area contributed by atoms with Crippen molar-refractivity contribution in [1.82, 2.24) is 9.88 Å². The van der Waals surface area contributed by atoms with Crippen molar-refractivity contribution in [2.45, 2.75) is 147 Å². The van der Waals surface area contributed by atoms with Crippen LogP contribution >= 0.6 is 0 Å². The van der Waals surface area contributed by atoms with Crippen LogP contribution in [0.25, 0.3) is 0 Å². The minimum absolute atomic E-state index is 0.0574. The number of fused-ring (bicyclic) bond motifs is 1. The normalized spacial score (nSPS) is 17.4. The monoisotopic (exact) mass is 1190 g/mol. The number of nitrogens with zero attached hydrogens (tertiary/aromatic N) is 2. The lowest BCUT2D eigenvalue weighted by Crippen LogP contribution is -2.74. The second kappa shape index (κ2) is 18.5. The molecule has 436 valence electrons. The fourth-order valence-corrected chi connectivity index (χ4v) is 5.29. The largest absolute Gasteiger partial charge is 0.473 e. The maximum atomic E-state index is 14.7. The zero-order valence-corrected chi connectivity index (χ0v) is 35.1. The maximum Gasteiger partial charge on any atom is 0.473 e. The number of anilines is 1. The van der Waals surface area contributed by atoms with Gasteiger partial charge in [0.15, 0.2) is 5.78 Å². The molecule has 1 aliphatic rings. The van der Waals surface area contributed by atoms with Gasteiger partial charge < -0.3 is 24.7 Å². The van der Waals surface area contributed by atoms with E-state index in [1.165, 1.54) is 10.3 Å². The van der Waals surface area contributed by atoms with Gasteiger partial charge in [-0.3, -0.25) is 4.79 Å². The van der Waals surface area contributed by atoms with Gasteiger partial charge in [0.25, 0.3) is 0 Å². The molecule has 0 fully saturated rings. The van der Waals surface area contributed by atoms with Crippen LogP contribution in [0.4, 0.5) is 160 Å². The number of ether oxygens (including phenoxy) is 2. The van der Waals surface area contributed by atoms with Crippen molar-refractivity contribution in [3.8, 4) is 0 Å². The predicted molar refractivity (Wildman–Crippen MR) is 170 cm³/mol. The lowest BCUT2D eigenvalue weighted by atomic mass is 9.90. The number of nitrogens with one attached hydrogen (secondary N) is 2. The SMILES string of the molecule is CC(C)(C)OC(=O)N[C@@H](CCn1ccc2c1NC(=NC(F)(F)C(F)(F)C(F)(F)C(F)(F)C(F)(F)C(F)(F)C(F)(F)C(F)(F)F)CC2=O)C(=O)OC(F)(F)C(F)(F)C(F)(F)C(F)(F)C(F)(F)C(F)(F)C(F)(F)C(F)(F)F. The summed E-state index contributed by atoms with van der Waals surface area (Å²) in [6.07, 6.45) is -29.9. The van der Waals surface area contributed by atoms with Crippen LogP contribution in [-0.4, -0.2) is 135 Å². The Labute approximate surface area is 388 Å². The number of carbonyl (C=O) groups excluding carboxylic acids is 3. The molecule has 43 heteroatoms. The van der Waals surface area contributed by atoms with Gasteiger partial charge in [-0.15, -0.1) is 0 Å². The number of Topliss-reactive ketones (excluding diaryl/α,β-unsaturated/α-hetero) is 1. The molecule has 1 atom stereocenters. The minimum atomic E-state index is -9.19. The van der Waals surface area contributed by atoms with Crippen molar-refractivity contribution < 1.29 is 173 Å². The summed E-state index contributed by atoms with van der Waals surface area (Å²) < 4.78 is 474. The van der Waals surface area contributed by atoms with Gasteiger partial charge in [0.2, 0.25) is 0 Å². The second-order valence-corrected chi connectivity index (χ2v) is 15.9. The molecule has 0 unspecified atom stereocenters. The molecular formula is C32H20F34N4O5. The number of aryl methyl sites for hydroxylation is 1. The first kappa shape index (κ1) is 65.9. The summed E-state index contributed by atoms with van der Waals surface area (Å²) in [7, 11) is 0. The van der Waals surface area contributed by atoms with Crippen molar-refractivity contribution in [1.29, 1.82) is 0 Å². The van der Waals surface area contributed by atoms with Gasteiger partial charge in [0.05, 0.1) is 12.0 Å². The number of amidine groups is 1. The van der Waals surface area contributed by atoms with E-state index < -0.39 is 162 Å². The number of carbonyl (C=O) groups is 3. The van der Waals surface area contributed by atoms with Crippen molar-refractivity contribution in [2.24, 2.45) is 4.99 Å². The third-order valence-electron chi connectivity index (χ3n) is 9.39. The number of ketones is 1. The standard InChI is InChI=1S/C32H20F34N4O5/c1-16(2,3)75-15(73)67-10(14(72)74-32(65,66)28(55,56)24(47,48)20(39,40)18(35,36)22(43,44)26(51,52)30(60,61)62)5-7-70-6-4-9-11(71)8-12(68-13(9)70)69-31(63,64)27(53,54)23(45,46)19(37,38)17(33,34)21(41,42)25(49,50)29(57,58)59/h4,6,10H,5,7-8H2,1-3H3,(H,67,73)(H,68,69)/t10-/m0/s1. The van der Waals surface area contributed by atoms with Gasteiger partial charge in [-0.05, 0) is 33.3 Å². The van der Waals surface area contributed by atoms with Crippen LogP contribution in [0, 0.1) is 0 Å². The molecule has 0 aromatic carbocycles. The Balaban J connectivity index is 2.65. The Morgan fingerprint density at radius 1 is 0.547 bits per heavy atom. The van der Waals surface area contributed by atoms with Crippen molar-refractivity contribution in [2.75, 3.05) is 5.32 Å². The van der Waals surface area contributed by atoms with Crippen molar-refractivity contribution in [3.63, 3.8) is 0 Å². The lowest BCUT2D eigenvalue weighted by molar-refractivity contribution is -0.474. The van der Waals surface area contributed by atoms with Gasteiger partial charge in [-0.25, -0.2) is 9.59 Å². The number of aliphatic imine (C=N–C) groups is 1. The number of esters is 1. The average molecular weight is 1190 g/mol. The first-order valence-corrected chi connectivity index (χ1v) is 18.2. The van der Waals surface area contributed by atoms with E-state index in [2.05, 4.69) is 9.47 Å². The van der Waals surface area contributed by atoms with Crippen molar-refractivity contribution >= 4 is 29.5 Å². The van der Waals surface area contributed by atoms with Gasteiger partial charge >= 0.3 is 108 Å². The van der Waals surface area contributed by atoms with Crippen LogP contribution in [0.2, 0.25) is 0 Å². The zero-order chi connectivity index (χ0) is 60.2. The molecule has 0 aliphatic carbocycles. The fraction of sp³-hybridized carbons (Fsp3) is 0.750. The molecule has 75 heavy (non-hydrogen) atoms. The number of alkyl carbamates (subject to hydrolysis) is 1. The van der Waals surface area contributed by atoms with E-state index in [0.717, 1.165) is 26.1 Å². The minimum Gasteiger partial charge on any atom is -0.444 e. The van der Waals surface area contributed by atoms with Crippen LogP contribution in [0.1, 0.15) is 44.0 Å². The molecule has 2 N–H and O–H groups in total. The van der Waals surface area contributed by atoms with Gasteiger partial charge in [0.1, 0.15) is 23.3 Å².